The fourth-order valence-electron chi connectivity index (χ4n) is 7.29. The SMILES string of the molecule is C1=CC(N(Cc2ccccc2)c2cccc3ccccc23)(N(Cc2ccccc2)c2cccc3ccccc23)CC=C1c1ccccc1. The van der Waals surface area contributed by atoms with Gasteiger partial charge in [0.25, 0.3) is 0 Å². The monoisotopic (exact) mass is 618 g/mol. The van der Waals surface area contributed by atoms with Crippen molar-refractivity contribution in [2.75, 3.05) is 9.80 Å². The molecular formula is C46H38N2. The van der Waals surface area contributed by atoms with Crippen LogP contribution in [0.3, 0.4) is 0 Å². The first-order chi connectivity index (χ1) is 23.8. The summed E-state index contributed by atoms with van der Waals surface area (Å²) in [4.78, 5) is 5.31. The summed E-state index contributed by atoms with van der Waals surface area (Å²) in [7, 11) is 0. The molecule has 7 aromatic rings. The van der Waals surface area contributed by atoms with Crippen LogP contribution in [-0.2, 0) is 13.1 Å². The van der Waals surface area contributed by atoms with Crippen molar-refractivity contribution in [3.63, 3.8) is 0 Å². The highest BCUT2D eigenvalue weighted by molar-refractivity contribution is 5.97. The van der Waals surface area contributed by atoms with Gasteiger partial charge in [-0.1, -0.05) is 176 Å². The number of nitrogens with zero attached hydrogens (tertiary/aromatic N) is 2. The van der Waals surface area contributed by atoms with Crippen LogP contribution < -0.4 is 9.80 Å². The summed E-state index contributed by atoms with van der Waals surface area (Å²) in [5, 5.41) is 4.98. The summed E-state index contributed by atoms with van der Waals surface area (Å²) in [6.45, 7) is 1.48. The molecule has 0 saturated heterocycles. The lowest BCUT2D eigenvalue weighted by atomic mass is 9.87. The van der Waals surface area contributed by atoms with Crippen LogP contribution >= 0.6 is 0 Å². The highest BCUT2D eigenvalue weighted by atomic mass is 15.4. The number of hydrogen-bond acceptors (Lipinski definition) is 2. The third-order valence-electron chi connectivity index (χ3n) is 9.68. The van der Waals surface area contributed by atoms with E-state index in [0.29, 0.717) is 0 Å². The molecule has 0 N–H and O–H groups in total. The molecule has 0 unspecified atom stereocenters. The van der Waals surface area contributed by atoms with E-state index in [1.165, 1.54) is 55.2 Å². The average molecular weight is 619 g/mol. The predicted molar refractivity (Wildman–Crippen MR) is 204 cm³/mol. The van der Waals surface area contributed by atoms with Gasteiger partial charge in [0.2, 0.25) is 0 Å². The van der Waals surface area contributed by atoms with Crippen LogP contribution in [0.2, 0.25) is 0 Å². The van der Waals surface area contributed by atoms with E-state index in [1.54, 1.807) is 0 Å². The van der Waals surface area contributed by atoms with Crippen LogP contribution in [0.15, 0.2) is 194 Å². The number of rotatable bonds is 9. The fraction of sp³-hybridized carbons (Fsp3) is 0.0870. The summed E-state index contributed by atoms with van der Waals surface area (Å²) in [5.41, 5.74) is 6.91. The molecule has 0 amide bonds. The van der Waals surface area contributed by atoms with Crippen LogP contribution in [-0.4, -0.2) is 5.66 Å². The maximum Gasteiger partial charge on any atom is 0.137 e. The van der Waals surface area contributed by atoms with E-state index in [9.17, 15) is 0 Å². The van der Waals surface area contributed by atoms with E-state index in [2.05, 4.69) is 204 Å². The van der Waals surface area contributed by atoms with Crippen molar-refractivity contribution < 1.29 is 0 Å². The summed E-state index contributed by atoms with van der Waals surface area (Å²) in [6.07, 6.45) is 8.07. The van der Waals surface area contributed by atoms with E-state index in [4.69, 9.17) is 0 Å². The smallest absolute Gasteiger partial charge is 0.137 e. The van der Waals surface area contributed by atoms with Crippen LogP contribution in [0, 0.1) is 0 Å². The molecular weight excluding hydrogens is 581 g/mol. The molecule has 48 heavy (non-hydrogen) atoms. The zero-order chi connectivity index (χ0) is 32.2. The van der Waals surface area contributed by atoms with Gasteiger partial charge in [-0.05, 0) is 51.2 Å². The Morgan fingerprint density at radius 2 is 0.875 bits per heavy atom. The van der Waals surface area contributed by atoms with Crippen molar-refractivity contribution in [1.82, 2.24) is 0 Å². The van der Waals surface area contributed by atoms with Gasteiger partial charge in [0.15, 0.2) is 0 Å². The van der Waals surface area contributed by atoms with Gasteiger partial charge in [0.1, 0.15) is 5.66 Å². The Kier molecular flexibility index (Phi) is 8.06. The Labute approximate surface area is 283 Å². The Morgan fingerprint density at radius 3 is 1.35 bits per heavy atom. The zero-order valence-electron chi connectivity index (χ0n) is 27.0. The van der Waals surface area contributed by atoms with Crippen LogP contribution in [0.25, 0.3) is 27.1 Å². The third kappa shape index (κ3) is 5.67. The number of benzene rings is 7. The number of fused-ring (bicyclic) bond motifs is 2. The highest BCUT2D eigenvalue weighted by Crippen LogP contribution is 2.45. The van der Waals surface area contributed by atoms with Gasteiger partial charge in [-0.15, -0.1) is 0 Å². The quantitative estimate of drug-likeness (QED) is 0.149. The molecule has 0 aromatic heterocycles. The molecule has 1 aliphatic rings. The van der Waals surface area contributed by atoms with Gasteiger partial charge in [0, 0.05) is 41.7 Å². The predicted octanol–water partition coefficient (Wildman–Crippen LogP) is 11.4. The van der Waals surface area contributed by atoms with E-state index in [1.807, 2.05) is 0 Å². The molecule has 0 spiro atoms. The van der Waals surface area contributed by atoms with Gasteiger partial charge in [-0.2, -0.15) is 0 Å². The molecule has 0 fully saturated rings. The first-order valence-electron chi connectivity index (χ1n) is 16.8. The molecule has 0 aliphatic heterocycles. The second-order valence-corrected chi connectivity index (χ2v) is 12.6. The molecule has 7 aromatic carbocycles. The van der Waals surface area contributed by atoms with Crippen LogP contribution in [0.1, 0.15) is 23.1 Å². The van der Waals surface area contributed by atoms with Crippen molar-refractivity contribution in [2.45, 2.75) is 25.2 Å². The Bertz CT molecular complexity index is 2080. The molecule has 1 aliphatic carbocycles. The maximum absolute atomic E-state index is 2.66. The third-order valence-corrected chi connectivity index (χ3v) is 9.68. The van der Waals surface area contributed by atoms with Crippen LogP contribution in [0.4, 0.5) is 11.4 Å². The summed E-state index contributed by atoms with van der Waals surface area (Å²) in [6, 6.07) is 63.7. The Hall–Kier alpha value is -5.86. The lowest BCUT2D eigenvalue weighted by molar-refractivity contribution is 0.437. The van der Waals surface area contributed by atoms with Crippen molar-refractivity contribution in [2.24, 2.45) is 0 Å². The Morgan fingerprint density at radius 1 is 0.438 bits per heavy atom. The first-order valence-corrected chi connectivity index (χ1v) is 16.8. The second kappa shape index (κ2) is 13.1. The molecule has 0 heterocycles. The van der Waals surface area contributed by atoms with Crippen LogP contribution in [0.5, 0.6) is 0 Å². The average Bonchev–Trinajstić information content (AvgIpc) is 3.17. The lowest BCUT2D eigenvalue weighted by Gasteiger charge is -2.53. The molecule has 0 bridgehead atoms. The minimum absolute atomic E-state index is 0.557. The number of allylic oxidation sites excluding steroid dienone is 2. The minimum Gasteiger partial charge on any atom is -0.340 e. The number of hydrogen-bond donors (Lipinski definition) is 0. The van der Waals surface area contributed by atoms with E-state index < -0.39 is 5.66 Å². The first kappa shape index (κ1) is 29.5. The number of anilines is 2. The second-order valence-electron chi connectivity index (χ2n) is 12.6. The summed E-state index contributed by atoms with van der Waals surface area (Å²) in [5.74, 6) is 0. The lowest BCUT2D eigenvalue weighted by Crippen LogP contribution is -2.60. The molecule has 2 heteroatoms. The van der Waals surface area contributed by atoms with Gasteiger partial charge < -0.3 is 9.80 Å². The van der Waals surface area contributed by atoms with Crippen molar-refractivity contribution >= 4 is 38.5 Å². The van der Waals surface area contributed by atoms with Gasteiger partial charge in [0.05, 0.1) is 0 Å². The van der Waals surface area contributed by atoms with Crippen molar-refractivity contribution in [3.8, 4) is 0 Å². The molecule has 2 nitrogen and oxygen atoms in total. The fourth-order valence-corrected chi connectivity index (χ4v) is 7.29. The molecule has 8 rings (SSSR count). The van der Waals surface area contributed by atoms with E-state index >= 15 is 0 Å². The largest absolute Gasteiger partial charge is 0.340 e. The van der Waals surface area contributed by atoms with Crippen molar-refractivity contribution in [3.05, 3.63) is 211 Å². The zero-order valence-corrected chi connectivity index (χ0v) is 27.0. The van der Waals surface area contributed by atoms with Crippen molar-refractivity contribution in [1.29, 1.82) is 0 Å². The normalized spacial score (nSPS) is 13.7. The maximum atomic E-state index is 2.66. The summed E-state index contributed by atoms with van der Waals surface area (Å²) < 4.78 is 0. The summed E-state index contributed by atoms with van der Waals surface area (Å²) >= 11 is 0. The molecule has 0 radical (unpaired) electrons. The minimum atomic E-state index is -0.557. The van der Waals surface area contributed by atoms with Gasteiger partial charge >= 0.3 is 0 Å². The van der Waals surface area contributed by atoms with E-state index in [0.717, 1.165) is 19.5 Å². The topological polar surface area (TPSA) is 6.48 Å². The van der Waals surface area contributed by atoms with Gasteiger partial charge in [-0.25, -0.2) is 0 Å². The molecule has 0 atom stereocenters. The Balaban J connectivity index is 1.41. The highest BCUT2D eigenvalue weighted by Gasteiger charge is 2.42. The standard InChI is InChI=1S/C46H38N2/c1-4-16-36(17-5-1)34-47(44-28-14-24-40-22-10-12-26-42(40)44)46(32-30-39(31-33-46)38-20-8-3-9-21-38)48(35-37-18-6-2-7-19-37)45-29-15-25-41-23-11-13-27-43(41)45/h1-32H,33-35H2. The molecule has 0 saturated carbocycles. The van der Waals surface area contributed by atoms with E-state index in [-0.39, 0.29) is 0 Å². The van der Waals surface area contributed by atoms with Gasteiger partial charge in [-0.3, -0.25) is 0 Å². The molecule has 232 valence electrons.